The fourth-order valence-corrected chi connectivity index (χ4v) is 2.15. The minimum atomic E-state index is -0.570. The quantitative estimate of drug-likeness (QED) is 0.391. The maximum Gasteiger partial charge on any atom is 0.276 e. The highest BCUT2D eigenvalue weighted by Crippen LogP contribution is 2.13. The maximum absolute atomic E-state index is 13.0. The SMILES string of the molecule is CC(=O)c1ccc(OCCCC(=O)NNC(=O)COc2cccc(F)c2)cc1. The minimum Gasteiger partial charge on any atom is -0.494 e. The van der Waals surface area contributed by atoms with Crippen molar-refractivity contribution in [3.8, 4) is 11.5 Å². The van der Waals surface area contributed by atoms with Crippen molar-refractivity contribution < 1.29 is 28.2 Å². The lowest BCUT2D eigenvalue weighted by Gasteiger charge is -2.09. The molecule has 0 fully saturated rings. The first kappa shape index (κ1) is 20.9. The highest BCUT2D eigenvalue weighted by atomic mass is 19.1. The van der Waals surface area contributed by atoms with Crippen molar-refractivity contribution in [3.63, 3.8) is 0 Å². The molecule has 0 bridgehead atoms. The Hall–Kier alpha value is -3.42. The van der Waals surface area contributed by atoms with E-state index in [1.54, 1.807) is 24.3 Å². The first-order valence-electron chi connectivity index (χ1n) is 8.64. The summed E-state index contributed by atoms with van der Waals surface area (Å²) in [4.78, 5) is 34.5. The van der Waals surface area contributed by atoms with Crippen LogP contribution in [0.3, 0.4) is 0 Å². The molecule has 0 heterocycles. The Morgan fingerprint density at radius 1 is 0.929 bits per heavy atom. The van der Waals surface area contributed by atoms with Crippen LogP contribution < -0.4 is 20.3 Å². The van der Waals surface area contributed by atoms with Gasteiger partial charge < -0.3 is 9.47 Å². The van der Waals surface area contributed by atoms with Gasteiger partial charge in [-0.2, -0.15) is 0 Å². The summed E-state index contributed by atoms with van der Waals surface area (Å²) in [5.41, 5.74) is 5.08. The molecule has 7 nitrogen and oxygen atoms in total. The lowest BCUT2D eigenvalue weighted by molar-refractivity contribution is -0.130. The number of benzene rings is 2. The molecule has 2 rings (SSSR count). The van der Waals surface area contributed by atoms with Crippen molar-refractivity contribution in [2.75, 3.05) is 13.2 Å². The van der Waals surface area contributed by atoms with Crippen LogP contribution in [0, 0.1) is 5.82 Å². The Bertz CT molecular complexity index is 824. The number of ketones is 1. The van der Waals surface area contributed by atoms with Gasteiger partial charge in [-0.05, 0) is 49.7 Å². The first-order valence-corrected chi connectivity index (χ1v) is 8.64. The molecular weight excluding hydrogens is 367 g/mol. The zero-order valence-corrected chi connectivity index (χ0v) is 15.4. The van der Waals surface area contributed by atoms with Gasteiger partial charge in [0, 0.05) is 18.1 Å². The Morgan fingerprint density at radius 2 is 1.64 bits per heavy atom. The summed E-state index contributed by atoms with van der Waals surface area (Å²) in [6, 6.07) is 12.1. The van der Waals surface area contributed by atoms with Gasteiger partial charge in [-0.3, -0.25) is 25.2 Å². The van der Waals surface area contributed by atoms with Gasteiger partial charge in [0.25, 0.3) is 5.91 Å². The number of halogens is 1. The van der Waals surface area contributed by atoms with Gasteiger partial charge in [-0.1, -0.05) is 6.07 Å². The maximum atomic E-state index is 13.0. The number of Topliss-reactive ketones (excluding diaryl/α,β-unsaturated/α-hetero) is 1. The van der Waals surface area contributed by atoms with Crippen molar-refractivity contribution in [2.24, 2.45) is 0 Å². The second kappa shape index (κ2) is 10.7. The van der Waals surface area contributed by atoms with E-state index in [1.807, 2.05) is 0 Å². The molecule has 0 saturated carbocycles. The van der Waals surface area contributed by atoms with E-state index < -0.39 is 11.7 Å². The van der Waals surface area contributed by atoms with Gasteiger partial charge >= 0.3 is 0 Å². The Labute approximate surface area is 161 Å². The van der Waals surface area contributed by atoms with Crippen LogP contribution in [0.15, 0.2) is 48.5 Å². The number of hydrogen-bond acceptors (Lipinski definition) is 5. The van der Waals surface area contributed by atoms with Crippen molar-refractivity contribution in [1.82, 2.24) is 10.9 Å². The van der Waals surface area contributed by atoms with E-state index >= 15 is 0 Å². The number of hydrogen-bond donors (Lipinski definition) is 2. The van der Waals surface area contributed by atoms with E-state index in [-0.39, 0.29) is 30.5 Å². The largest absolute Gasteiger partial charge is 0.494 e. The number of nitrogens with one attached hydrogen (secondary N) is 2. The smallest absolute Gasteiger partial charge is 0.276 e. The number of ether oxygens (including phenoxy) is 2. The standard InChI is InChI=1S/C20H21FN2O5/c1-14(24)15-7-9-17(10-8-15)27-11-3-6-19(25)22-23-20(26)13-28-18-5-2-4-16(21)12-18/h2,4-5,7-10,12H,3,6,11,13H2,1H3,(H,22,25)(H,23,26). The first-order chi connectivity index (χ1) is 13.4. The van der Waals surface area contributed by atoms with Gasteiger partial charge in [-0.25, -0.2) is 4.39 Å². The Morgan fingerprint density at radius 3 is 2.32 bits per heavy atom. The summed E-state index contributed by atoms with van der Waals surface area (Å²) < 4.78 is 23.6. The van der Waals surface area contributed by atoms with E-state index in [0.29, 0.717) is 24.3 Å². The van der Waals surface area contributed by atoms with E-state index in [0.717, 1.165) is 6.07 Å². The number of carbonyl (C=O) groups is 3. The normalized spacial score (nSPS) is 10.1. The van der Waals surface area contributed by atoms with Crippen LogP contribution in [0.5, 0.6) is 11.5 Å². The van der Waals surface area contributed by atoms with Crippen LogP contribution in [0.4, 0.5) is 4.39 Å². The Kier molecular flexibility index (Phi) is 7.95. The third-order valence-corrected chi connectivity index (χ3v) is 3.59. The number of carbonyl (C=O) groups excluding carboxylic acids is 3. The van der Waals surface area contributed by atoms with E-state index in [1.165, 1.54) is 25.1 Å². The molecule has 2 amide bonds. The molecule has 2 aromatic rings. The molecule has 0 aromatic heterocycles. The second-order valence-electron chi connectivity index (χ2n) is 5.87. The number of hydrazine groups is 1. The van der Waals surface area contributed by atoms with Crippen molar-refractivity contribution in [3.05, 3.63) is 59.9 Å². The van der Waals surface area contributed by atoms with Crippen LogP contribution in [0.2, 0.25) is 0 Å². The van der Waals surface area contributed by atoms with Crippen LogP contribution in [-0.2, 0) is 9.59 Å². The van der Waals surface area contributed by atoms with Gasteiger partial charge in [0.05, 0.1) is 6.61 Å². The predicted octanol–water partition coefficient (Wildman–Crippen LogP) is 2.41. The topological polar surface area (TPSA) is 93.7 Å². The van der Waals surface area contributed by atoms with Crippen LogP contribution in [-0.4, -0.2) is 30.8 Å². The van der Waals surface area contributed by atoms with Gasteiger partial charge in [0.1, 0.15) is 17.3 Å². The van der Waals surface area contributed by atoms with Gasteiger partial charge in [0.15, 0.2) is 12.4 Å². The molecule has 0 unspecified atom stereocenters. The molecule has 0 saturated heterocycles. The fraction of sp³-hybridized carbons (Fsp3) is 0.250. The molecule has 0 atom stereocenters. The zero-order chi connectivity index (χ0) is 20.4. The summed E-state index contributed by atoms with van der Waals surface area (Å²) in [6.45, 7) is 1.44. The zero-order valence-electron chi connectivity index (χ0n) is 15.4. The fourth-order valence-electron chi connectivity index (χ4n) is 2.15. The second-order valence-corrected chi connectivity index (χ2v) is 5.87. The molecule has 2 aromatic carbocycles. The lowest BCUT2D eigenvalue weighted by atomic mass is 10.1. The summed E-state index contributed by atoms with van der Waals surface area (Å²) in [5.74, 6) is -0.618. The highest BCUT2D eigenvalue weighted by Gasteiger charge is 2.06. The Balaban J connectivity index is 1.58. The monoisotopic (exact) mass is 388 g/mol. The molecule has 2 N–H and O–H groups in total. The highest BCUT2D eigenvalue weighted by molar-refractivity contribution is 5.94. The summed E-state index contributed by atoms with van der Waals surface area (Å²) in [6.07, 6.45) is 0.590. The molecule has 28 heavy (non-hydrogen) atoms. The van der Waals surface area contributed by atoms with Crippen molar-refractivity contribution >= 4 is 17.6 Å². The van der Waals surface area contributed by atoms with E-state index in [4.69, 9.17) is 9.47 Å². The summed E-state index contributed by atoms with van der Waals surface area (Å²) in [7, 11) is 0. The third-order valence-electron chi connectivity index (χ3n) is 3.59. The van der Waals surface area contributed by atoms with Crippen molar-refractivity contribution in [1.29, 1.82) is 0 Å². The molecule has 0 aliphatic carbocycles. The number of amides is 2. The van der Waals surface area contributed by atoms with E-state index in [9.17, 15) is 18.8 Å². The average molecular weight is 388 g/mol. The molecule has 0 aliphatic heterocycles. The third kappa shape index (κ3) is 7.45. The molecule has 148 valence electrons. The summed E-state index contributed by atoms with van der Waals surface area (Å²) in [5, 5.41) is 0. The van der Waals surface area contributed by atoms with E-state index in [2.05, 4.69) is 10.9 Å². The lowest BCUT2D eigenvalue weighted by Crippen LogP contribution is -2.43. The van der Waals surface area contributed by atoms with Crippen molar-refractivity contribution in [2.45, 2.75) is 19.8 Å². The summed E-state index contributed by atoms with van der Waals surface area (Å²) >= 11 is 0. The van der Waals surface area contributed by atoms with Crippen LogP contribution >= 0.6 is 0 Å². The molecule has 0 spiro atoms. The van der Waals surface area contributed by atoms with Gasteiger partial charge in [-0.15, -0.1) is 0 Å². The van der Waals surface area contributed by atoms with Crippen LogP contribution in [0.25, 0.3) is 0 Å². The average Bonchev–Trinajstić information content (AvgIpc) is 2.68. The van der Waals surface area contributed by atoms with Gasteiger partial charge in [0.2, 0.25) is 5.91 Å². The predicted molar refractivity (Wildman–Crippen MR) is 99.4 cm³/mol. The molecule has 0 aliphatic rings. The van der Waals surface area contributed by atoms with Crippen LogP contribution in [0.1, 0.15) is 30.1 Å². The number of rotatable bonds is 9. The molecule has 0 radical (unpaired) electrons. The molecular formula is C20H21FN2O5. The minimum absolute atomic E-state index is 0.0217. The molecule has 8 heteroatoms.